The molecule has 3 N–H and O–H groups in total. The first-order valence-electron chi connectivity index (χ1n) is 5.53. The smallest absolute Gasteiger partial charge is 0.188 e. The zero-order chi connectivity index (χ0) is 12.7. The van der Waals surface area contributed by atoms with E-state index in [1.807, 2.05) is 13.8 Å². The third kappa shape index (κ3) is 7.31. The van der Waals surface area contributed by atoms with Crippen molar-refractivity contribution in [1.82, 2.24) is 5.32 Å². The summed E-state index contributed by atoms with van der Waals surface area (Å²) in [6, 6.07) is 6.25. The van der Waals surface area contributed by atoms with Crippen molar-refractivity contribution < 1.29 is 9.13 Å². The van der Waals surface area contributed by atoms with Gasteiger partial charge in [0.15, 0.2) is 5.96 Å². The number of aliphatic imine (C=N–C) groups is 1. The molecular formula is C12H19FIN3O. The van der Waals surface area contributed by atoms with E-state index in [0.717, 1.165) is 0 Å². The van der Waals surface area contributed by atoms with Crippen LogP contribution in [0.25, 0.3) is 0 Å². The van der Waals surface area contributed by atoms with Crippen LogP contribution in [-0.4, -0.2) is 25.2 Å². The van der Waals surface area contributed by atoms with E-state index in [2.05, 4.69) is 10.3 Å². The van der Waals surface area contributed by atoms with Crippen molar-refractivity contribution in [1.29, 1.82) is 0 Å². The molecule has 1 aromatic rings. The molecule has 0 bridgehead atoms. The Hall–Kier alpha value is -1.05. The molecule has 0 spiro atoms. The molecule has 0 saturated heterocycles. The van der Waals surface area contributed by atoms with E-state index in [0.29, 0.717) is 24.9 Å². The molecule has 102 valence electrons. The van der Waals surface area contributed by atoms with Crippen molar-refractivity contribution in [2.24, 2.45) is 10.7 Å². The molecule has 18 heavy (non-hydrogen) atoms. The molecule has 0 unspecified atom stereocenters. The fraction of sp³-hybridized carbons (Fsp3) is 0.417. The SMILES string of the molecule is CC(C)NC(N)=NCCOc1cccc(F)c1.I. The third-order valence-electron chi connectivity index (χ3n) is 1.87. The molecule has 1 rings (SSSR count). The van der Waals surface area contributed by atoms with Crippen LogP contribution in [0.5, 0.6) is 5.75 Å². The summed E-state index contributed by atoms with van der Waals surface area (Å²) in [5, 5.41) is 2.96. The Balaban J connectivity index is 0.00000289. The van der Waals surface area contributed by atoms with Crippen LogP contribution >= 0.6 is 24.0 Å². The summed E-state index contributed by atoms with van der Waals surface area (Å²) >= 11 is 0. The van der Waals surface area contributed by atoms with Gasteiger partial charge in [0.2, 0.25) is 0 Å². The van der Waals surface area contributed by atoms with Crippen molar-refractivity contribution in [3.05, 3.63) is 30.1 Å². The second-order valence-electron chi connectivity index (χ2n) is 3.87. The Labute approximate surface area is 124 Å². The average Bonchev–Trinajstić information content (AvgIpc) is 2.23. The summed E-state index contributed by atoms with van der Waals surface area (Å²) in [5.74, 6) is 0.574. The van der Waals surface area contributed by atoms with Gasteiger partial charge in [-0.2, -0.15) is 0 Å². The largest absolute Gasteiger partial charge is 0.492 e. The van der Waals surface area contributed by atoms with Crippen LogP contribution in [-0.2, 0) is 0 Å². The molecule has 0 heterocycles. The van der Waals surface area contributed by atoms with Crippen LogP contribution in [0.1, 0.15) is 13.8 Å². The average molecular weight is 367 g/mol. The van der Waals surface area contributed by atoms with Crippen molar-refractivity contribution in [2.45, 2.75) is 19.9 Å². The number of nitrogens with one attached hydrogen (secondary N) is 1. The highest BCUT2D eigenvalue weighted by Gasteiger charge is 1.96. The number of guanidine groups is 1. The minimum absolute atomic E-state index is 0. The minimum atomic E-state index is -0.313. The first-order valence-corrected chi connectivity index (χ1v) is 5.53. The van der Waals surface area contributed by atoms with Gasteiger partial charge in [-0.25, -0.2) is 9.38 Å². The van der Waals surface area contributed by atoms with Gasteiger partial charge in [0, 0.05) is 12.1 Å². The molecular weight excluding hydrogens is 348 g/mol. The lowest BCUT2D eigenvalue weighted by molar-refractivity contribution is 0.326. The van der Waals surface area contributed by atoms with E-state index >= 15 is 0 Å². The number of nitrogens with zero attached hydrogens (tertiary/aromatic N) is 1. The lowest BCUT2D eigenvalue weighted by Crippen LogP contribution is -2.37. The van der Waals surface area contributed by atoms with E-state index in [-0.39, 0.29) is 35.8 Å². The maximum Gasteiger partial charge on any atom is 0.188 e. The Morgan fingerprint density at radius 1 is 1.50 bits per heavy atom. The van der Waals surface area contributed by atoms with Gasteiger partial charge in [0.25, 0.3) is 0 Å². The van der Waals surface area contributed by atoms with Crippen LogP contribution < -0.4 is 15.8 Å². The number of halogens is 2. The first-order chi connectivity index (χ1) is 8.08. The zero-order valence-corrected chi connectivity index (χ0v) is 12.9. The minimum Gasteiger partial charge on any atom is -0.492 e. The van der Waals surface area contributed by atoms with E-state index in [4.69, 9.17) is 10.5 Å². The number of ether oxygens (including phenoxy) is 1. The van der Waals surface area contributed by atoms with Crippen LogP contribution in [0.4, 0.5) is 4.39 Å². The van der Waals surface area contributed by atoms with E-state index in [9.17, 15) is 4.39 Å². The molecule has 0 aliphatic carbocycles. The Morgan fingerprint density at radius 3 is 2.83 bits per heavy atom. The van der Waals surface area contributed by atoms with Gasteiger partial charge in [-0.05, 0) is 26.0 Å². The molecule has 0 radical (unpaired) electrons. The molecule has 0 aromatic heterocycles. The van der Waals surface area contributed by atoms with Crippen LogP contribution in [0.15, 0.2) is 29.3 Å². The maximum absolute atomic E-state index is 12.8. The molecule has 0 saturated carbocycles. The summed E-state index contributed by atoms with van der Waals surface area (Å²) in [7, 11) is 0. The van der Waals surface area contributed by atoms with Crippen molar-refractivity contribution >= 4 is 29.9 Å². The normalized spacial score (nSPS) is 11.0. The second kappa shape index (κ2) is 8.96. The van der Waals surface area contributed by atoms with Gasteiger partial charge in [-0.3, -0.25) is 0 Å². The Morgan fingerprint density at radius 2 is 2.22 bits per heavy atom. The van der Waals surface area contributed by atoms with Crippen LogP contribution in [0.2, 0.25) is 0 Å². The molecule has 0 amide bonds. The molecule has 0 aliphatic heterocycles. The van der Waals surface area contributed by atoms with E-state index < -0.39 is 0 Å². The summed E-state index contributed by atoms with van der Waals surface area (Å²) < 4.78 is 18.1. The summed E-state index contributed by atoms with van der Waals surface area (Å²) in [6.07, 6.45) is 0. The Bertz CT molecular complexity index is 385. The molecule has 1 aromatic carbocycles. The molecule has 6 heteroatoms. The molecule has 0 fully saturated rings. The molecule has 0 atom stereocenters. The van der Waals surface area contributed by atoms with Gasteiger partial charge in [0.05, 0.1) is 6.54 Å². The lowest BCUT2D eigenvalue weighted by atomic mass is 10.3. The molecule has 4 nitrogen and oxygen atoms in total. The van der Waals surface area contributed by atoms with E-state index in [1.165, 1.54) is 12.1 Å². The van der Waals surface area contributed by atoms with Gasteiger partial charge >= 0.3 is 0 Å². The van der Waals surface area contributed by atoms with Gasteiger partial charge in [0.1, 0.15) is 18.2 Å². The Kier molecular flexibility index (Phi) is 8.43. The maximum atomic E-state index is 12.8. The van der Waals surface area contributed by atoms with Crippen LogP contribution in [0.3, 0.4) is 0 Å². The fourth-order valence-corrected chi connectivity index (χ4v) is 1.23. The fourth-order valence-electron chi connectivity index (χ4n) is 1.23. The number of benzene rings is 1. The zero-order valence-electron chi connectivity index (χ0n) is 10.5. The van der Waals surface area contributed by atoms with Crippen LogP contribution in [0, 0.1) is 5.82 Å². The van der Waals surface area contributed by atoms with Crippen molar-refractivity contribution in [3.63, 3.8) is 0 Å². The number of rotatable bonds is 5. The number of hydrogen-bond donors (Lipinski definition) is 2. The summed E-state index contributed by atoms with van der Waals surface area (Å²) in [5.41, 5.74) is 5.60. The molecule has 0 aliphatic rings. The number of hydrogen-bond acceptors (Lipinski definition) is 2. The van der Waals surface area contributed by atoms with Gasteiger partial charge < -0.3 is 15.8 Å². The topological polar surface area (TPSA) is 59.6 Å². The second-order valence-corrected chi connectivity index (χ2v) is 3.87. The predicted octanol–water partition coefficient (Wildman–Crippen LogP) is 2.14. The van der Waals surface area contributed by atoms with Crippen molar-refractivity contribution in [2.75, 3.05) is 13.2 Å². The van der Waals surface area contributed by atoms with Crippen molar-refractivity contribution in [3.8, 4) is 5.75 Å². The lowest BCUT2D eigenvalue weighted by Gasteiger charge is -2.08. The summed E-state index contributed by atoms with van der Waals surface area (Å²) in [4.78, 5) is 4.07. The van der Waals surface area contributed by atoms with E-state index in [1.54, 1.807) is 12.1 Å². The summed E-state index contributed by atoms with van der Waals surface area (Å²) in [6.45, 7) is 4.75. The predicted molar refractivity (Wildman–Crippen MR) is 82.1 cm³/mol. The number of nitrogens with two attached hydrogens (primary N) is 1. The highest BCUT2D eigenvalue weighted by atomic mass is 127. The monoisotopic (exact) mass is 367 g/mol. The quantitative estimate of drug-likeness (QED) is 0.363. The standard InChI is InChI=1S/C12H18FN3O.HI/c1-9(2)16-12(14)15-6-7-17-11-5-3-4-10(13)8-11;/h3-5,8-9H,6-7H2,1-2H3,(H3,14,15,16);1H. The third-order valence-corrected chi connectivity index (χ3v) is 1.87. The van der Waals surface area contributed by atoms with Gasteiger partial charge in [-0.1, -0.05) is 6.07 Å². The highest BCUT2D eigenvalue weighted by Crippen LogP contribution is 2.11. The highest BCUT2D eigenvalue weighted by molar-refractivity contribution is 14.0. The van der Waals surface area contributed by atoms with Gasteiger partial charge in [-0.15, -0.1) is 24.0 Å². The first kappa shape index (κ1) is 16.9.